The highest BCUT2D eigenvalue weighted by Crippen LogP contribution is 2.28. The predicted octanol–water partition coefficient (Wildman–Crippen LogP) is 3.59. The van der Waals surface area contributed by atoms with E-state index in [1.54, 1.807) is 13.3 Å². The van der Waals surface area contributed by atoms with Gasteiger partial charge in [0.15, 0.2) is 16.7 Å². The summed E-state index contributed by atoms with van der Waals surface area (Å²) in [4.78, 5) is 0. The van der Waals surface area contributed by atoms with Crippen LogP contribution >= 0.6 is 11.8 Å². The summed E-state index contributed by atoms with van der Waals surface area (Å²) in [5.74, 6) is 1.33. The van der Waals surface area contributed by atoms with E-state index in [9.17, 15) is 0 Å². The zero-order chi connectivity index (χ0) is 17.4. The normalized spacial score (nSPS) is 11.7. The number of hydrogen-bond donors (Lipinski definition) is 1. The van der Waals surface area contributed by atoms with Crippen LogP contribution in [0.4, 0.5) is 0 Å². The Bertz CT molecular complexity index is 728. The van der Waals surface area contributed by atoms with Gasteiger partial charge in [0, 0.05) is 0 Å². The second-order valence-electron chi connectivity index (χ2n) is 5.07. The van der Waals surface area contributed by atoms with Crippen LogP contribution in [0, 0.1) is 6.92 Å². The molecule has 0 aromatic heterocycles. The largest absolute Gasteiger partial charge is 0.493 e. The van der Waals surface area contributed by atoms with Gasteiger partial charge in [-0.3, -0.25) is 0 Å². The lowest BCUT2D eigenvalue weighted by Gasteiger charge is -2.11. The van der Waals surface area contributed by atoms with Crippen molar-refractivity contribution in [3.63, 3.8) is 0 Å². The highest BCUT2D eigenvalue weighted by Gasteiger charge is 2.05. The molecule has 126 valence electrons. The number of hydrogen-bond acceptors (Lipinski definition) is 5. The van der Waals surface area contributed by atoms with Crippen LogP contribution in [0.2, 0.25) is 0 Å². The summed E-state index contributed by atoms with van der Waals surface area (Å²) in [6, 6.07) is 13.8. The quantitative estimate of drug-likeness (QED) is 0.494. The highest BCUT2D eigenvalue weighted by atomic mass is 32.2. The molecule has 0 atom stereocenters. The number of benzene rings is 2. The number of nitrogens with two attached hydrogens (primary N) is 1. The van der Waals surface area contributed by atoms with Crippen LogP contribution in [0.3, 0.4) is 0 Å². The van der Waals surface area contributed by atoms with Crippen molar-refractivity contribution < 1.29 is 9.47 Å². The molecule has 5 nitrogen and oxygen atoms in total. The van der Waals surface area contributed by atoms with E-state index in [4.69, 9.17) is 15.2 Å². The van der Waals surface area contributed by atoms with Gasteiger partial charge in [-0.25, -0.2) is 0 Å². The molecule has 0 radical (unpaired) electrons. The van der Waals surface area contributed by atoms with Crippen LogP contribution in [-0.2, 0) is 6.61 Å². The Hall–Kier alpha value is -2.47. The molecule has 24 heavy (non-hydrogen) atoms. The molecule has 2 N–H and O–H groups in total. The highest BCUT2D eigenvalue weighted by molar-refractivity contribution is 8.13. The fourth-order valence-electron chi connectivity index (χ4n) is 1.92. The smallest absolute Gasteiger partial charge is 0.180 e. The van der Waals surface area contributed by atoms with Crippen molar-refractivity contribution >= 4 is 23.1 Å². The zero-order valence-electron chi connectivity index (χ0n) is 14.0. The van der Waals surface area contributed by atoms with Crippen molar-refractivity contribution in [2.45, 2.75) is 13.5 Å². The van der Waals surface area contributed by atoms with Gasteiger partial charge in [0.05, 0.1) is 13.3 Å². The number of aryl methyl sites for hydroxylation is 1. The minimum absolute atomic E-state index is 0.413. The third kappa shape index (κ3) is 5.31. The first-order valence-corrected chi connectivity index (χ1v) is 8.61. The predicted molar refractivity (Wildman–Crippen MR) is 101 cm³/mol. The maximum Gasteiger partial charge on any atom is 0.180 e. The first-order chi connectivity index (χ1) is 11.6. The monoisotopic (exact) mass is 343 g/mol. The molecule has 2 aromatic carbocycles. The summed E-state index contributed by atoms with van der Waals surface area (Å²) in [5, 5.41) is 8.21. The first-order valence-electron chi connectivity index (χ1n) is 7.39. The lowest BCUT2D eigenvalue weighted by molar-refractivity contribution is 0.284. The molecule has 0 saturated carbocycles. The molecule has 0 unspecified atom stereocenters. The fourth-order valence-corrected chi connectivity index (χ4v) is 2.05. The van der Waals surface area contributed by atoms with E-state index >= 15 is 0 Å². The van der Waals surface area contributed by atoms with Gasteiger partial charge in [0.2, 0.25) is 0 Å². The molecule has 2 rings (SSSR count). The van der Waals surface area contributed by atoms with Crippen molar-refractivity contribution in [2.24, 2.45) is 15.9 Å². The van der Waals surface area contributed by atoms with E-state index in [2.05, 4.69) is 41.4 Å². The SMILES string of the molecule is COc1cc(/C=N\N=C(/N)SC)ccc1OCc1ccc(C)cc1. The summed E-state index contributed by atoms with van der Waals surface area (Å²) in [7, 11) is 1.61. The van der Waals surface area contributed by atoms with Crippen molar-refractivity contribution in [1.29, 1.82) is 0 Å². The van der Waals surface area contributed by atoms with Crippen molar-refractivity contribution in [3.05, 3.63) is 59.2 Å². The van der Waals surface area contributed by atoms with Crippen molar-refractivity contribution in [1.82, 2.24) is 0 Å². The molecule has 0 spiro atoms. The zero-order valence-corrected chi connectivity index (χ0v) is 14.8. The molecule has 0 saturated heterocycles. The Morgan fingerprint density at radius 2 is 1.92 bits per heavy atom. The summed E-state index contributed by atoms with van der Waals surface area (Å²) in [5.41, 5.74) is 8.76. The third-order valence-corrected chi connectivity index (χ3v) is 3.77. The number of thioether (sulfide) groups is 1. The van der Waals surface area contributed by atoms with Crippen LogP contribution in [0.25, 0.3) is 0 Å². The molecule has 0 aliphatic carbocycles. The Labute approximate surface area is 146 Å². The molecule has 0 heterocycles. The van der Waals surface area contributed by atoms with Gasteiger partial charge in [-0.15, -0.1) is 5.10 Å². The van der Waals surface area contributed by atoms with Crippen LogP contribution in [0.15, 0.2) is 52.7 Å². The third-order valence-electron chi connectivity index (χ3n) is 3.27. The van der Waals surface area contributed by atoms with E-state index in [-0.39, 0.29) is 0 Å². The molecule has 6 heteroatoms. The topological polar surface area (TPSA) is 69.2 Å². The Morgan fingerprint density at radius 1 is 1.17 bits per heavy atom. The minimum Gasteiger partial charge on any atom is -0.493 e. The maximum atomic E-state index is 5.85. The first kappa shape index (κ1) is 17.9. The second-order valence-corrected chi connectivity index (χ2v) is 5.90. The number of methoxy groups -OCH3 is 1. The van der Waals surface area contributed by atoms with E-state index in [1.807, 2.05) is 24.5 Å². The van der Waals surface area contributed by atoms with E-state index in [0.29, 0.717) is 23.3 Å². The summed E-state index contributed by atoms with van der Waals surface area (Å²) in [6.07, 6.45) is 3.47. The van der Waals surface area contributed by atoms with Crippen LogP contribution in [-0.4, -0.2) is 24.7 Å². The fraction of sp³-hybridized carbons (Fsp3) is 0.222. The van der Waals surface area contributed by atoms with Crippen molar-refractivity contribution in [2.75, 3.05) is 13.4 Å². The summed E-state index contributed by atoms with van der Waals surface area (Å²) >= 11 is 1.34. The van der Waals surface area contributed by atoms with E-state index < -0.39 is 0 Å². The average molecular weight is 343 g/mol. The van der Waals surface area contributed by atoms with Crippen LogP contribution < -0.4 is 15.2 Å². The number of amidine groups is 1. The number of ether oxygens (including phenoxy) is 2. The lowest BCUT2D eigenvalue weighted by atomic mass is 10.2. The average Bonchev–Trinajstić information content (AvgIpc) is 2.61. The van der Waals surface area contributed by atoms with E-state index in [1.165, 1.54) is 17.3 Å². The molecule has 0 aliphatic heterocycles. The van der Waals surface area contributed by atoms with Gasteiger partial charge < -0.3 is 15.2 Å². The van der Waals surface area contributed by atoms with E-state index in [0.717, 1.165) is 11.1 Å². The van der Waals surface area contributed by atoms with Gasteiger partial charge in [0.1, 0.15) is 6.61 Å². The van der Waals surface area contributed by atoms with Gasteiger partial charge in [-0.05, 0) is 42.5 Å². The molecule has 0 fully saturated rings. The Kier molecular flexibility index (Phi) is 6.69. The van der Waals surface area contributed by atoms with Gasteiger partial charge in [-0.2, -0.15) is 5.10 Å². The molecule has 0 bridgehead atoms. The van der Waals surface area contributed by atoms with Gasteiger partial charge in [0.25, 0.3) is 0 Å². The van der Waals surface area contributed by atoms with Crippen molar-refractivity contribution in [3.8, 4) is 11.5 Å². The lowest BCUT2D eigenvalue weighted by Crippen LogP contribution is -2.04. The van der Waals surface area contributed by atoms with Gasteiger partial charge >= 0.3 is 0 Å². The molecular formula is C18H21N3O2S. The van der Waals surface area contributed by atoms with Crippen LogP contribution in [0.5, 0.6) is 11.5 Å². The number of rotatable bonds is 6. The molecular weight excluding hydrogens is 322 g/mol. The summed E-state index contributed by atoms with van der Waals surface area (Å²) < 4.78 is 11.2. The minimum atomic E-state index is 0.413. The summed E-state index contributed by atoms with van der Waals surface area (Å²) in [6.45, 7) is 2.55. The van der Waals surface area contributed by atoms with Gasteiger partial charge in [-0.1, -0.05) is 41.6 Å². The molecule has 0 amide bonds. The Balaban J connectivity index is 2.07. The molecule has 2 aromatic rings. The van der Waals surface area contributed by atoms with Crippen LogP contribution in [0.1, 0.15) is 16.7 Å². The maximum absolute atomic E-state index is 5.85. The Morgan fingerprint density at radius 3 is 2.58 bits per heavy atom. The molecule has 0 aliphatic rings. The number of nitrogens with zero attached hydrogens (tertiary/aromatic N) is 2. The standard InChI is InChI=1S/C18H21N3O2S/c1-13-4-6-14(7-5-13)12-23-16-9-8-15(10-17(16)22-2)11-20-21-18(19)24-3/h4-11H,12H2,1-3H3,(H2,19,21)/b20-11-. The second kappa shape index (κ2) is 8.98.